The molecule has 0 fully saturated rings. The maximum atomic E-state index is 14.0. The number of pyridine rings is 1. The number of ketones is 1. The lowest BCUT2D eigenvalue weighted by Crippen LogP contribution is -2.12. The third-order valence-electron chi connectivity index (χ3n) is 6.22. The molecule has 3 aromatic heterocycles. The van der Waals surface area contributed by atoms with Gasteiger partial charge in [-0.25, -0.2) is 4.39 Å². The van der Waals surface area contributed by atoms with Gasteiger partial charge in [-0.2, -0.15) is 0 Å². The van der Waals surface area contributed by atoms with Crippen LogP contribution in [0.1, 0.15) is 21.7 Å². The van der Waals surface area contributed by atoms with Gasteiger partial charge in [0.05, 0.1) is 23.4 Å². The van der Waals surface area contributed by atoms with Gasteiger partial charge in [0.1, 0.15) is 5.82 Å². The summed E-state index contributed by atoms with van der Waals surface area (Å²) in [7, 11) is 1.98. The van der Waals surface area contributed by atoms with Crippen LogP contribution >= 0.6 is 0 Å². The number of carbonyl (C=O) groups is 1. The Morgan fingerprint density at radius 3 is 2.61 bits per heavy atom. The van der Waals surface area contributed by atoms with E-state index in [4.69, 9.17) is 4.98 Å². The minimum atomic E-state index is -0.326. The van der Waals surface area contributed by atoms with Crippen LogP contribution in [0.2, 0.25) is 0 Å². The average molecular weight is 433 g/mol. The van der Waals surface area contributed by atoms with Crippen molar-refractivity contribution in [3.05, 3.63) is 114 Å². The Labute approximate surface area is 189 Å². The zero-order valence-electron chi connectivity index (χ0n) is 18.0. The third-order valence-corrected chi connectivity index (χ3v) is 6.22. The molecule has 0 aliphatic carbocycles. The molecule has 0 aliphatic heterocycles. The van der Waals surface area contributed by atoms with Gasteiger partial charge in [-0.3, -0.25) is 9.78 Å². The molecule has 0 unspecified atom stereocenters. The van der Waals surface area contributed by atoms with E-state index in [1.807, 2.05) is 83.0 Å². The second-order valence-corrected chi connectivity index (χ2v) is 8.34. The number of halogens is 1. The fourth-order valence-corrected chi connectivity index (χ4v) is 4.53. The molecule has 0 saturated heterocycles. The topological polar surface area (TPSA) is 39.8 Å². The Bertz CT molecular complexity index is 1690. The lowest BCUT2D eigenvalue weighted by molar-refractivity contribution is 0.103. The monoisotopic (exact) mass is 433 g/mol. The van der Waals surface area contributed by atoms with Crippen molar-refractivity contribution < 1.29 is 9.18 Å². The molecule has 33 heavy (non-hydrogen) atoms. The second-order valence-electron chi connectivity index (χ2n) is 8.34. The number of benzene rings is 3. The molecule has 6 aromatic rings. The predicted octanol–water partition coefficient (Wildman–Crippen LogP) is 6.10. The van der Waals surface area contributed by atoms with Gasteiger partial charge in [-0.1, -0.05) is 24.3 Å². The van der Waals surface area contributed by atoms with Crippen LogP contribution in [0.15, 0.2) is 91.1 Å². The summed E-state index contributed by atoms with van der Waals surface area (Å²) in [5.41, 5.74) is 4.72. The first-order valence-electron chi connectivity index (χ1n) is 10.8. The molecule has 0 amide bonds. The van der Waals surface area contributed by atoms with E-state index in [0.29, 0.717) is 23.2 Å². The molecule has 0 radical (unpaired) electrons. The SMILES string of the molecule is Cn1ccc2cc(C(=O)c3cc4cc(F)ccc4n3Cc3ccc4ccccc4n3)ccc21. The van der Waals surface area contributed by atoms with Crippen molar-refractivity contribution in [1.29, 1.82) is 0 Å². The van der Waals surface area contributed by atoms with Crippen LogP contribution in [0.3, 0.4) is 0 Å². The number of rotatable bonds is 4. The fraction of sp³-hybridized carbons (Fsp3) is 0.0714. The van der Waals surface area contributed by atoms with Crippen LogP contribution in [0.4, 0.5) is 4.39 Å². The lowest BCUT2D eigenvalue weighted by Gasteiger charge is -2.11. The van der Waals surface area contributed by atoms with E-state index >= 15 is 0 Å². The standard InChI is InChI=1S/C28H20FN3O/c1-31-13-12-19-14-20(7-10-25(19)31)28(33)27-16-21-15-22(29)8-11-26(21)32(27)17-23-9-6-18-4-2-3-5-24(18)30-23/h2-16H,17H2,1H3. The van der Waals surface area contributed by atoms with E-state index in [1.165, 1.54) is 12.1 Å². The summed E-state index contributed by atoms with van der Waals surface area (Å²) in [6.45, 7) is 0.411. The molecule has 0 atom stereocenters. The highest BCUT2D eigenvalue weighted by Gasteiger charge is 2.19. The minimum absolute atomic E-state index is 0.0989. The van der Waals surface area contributed by atoms with Crippen molar-refractivity contribution >= 4 is 38.5 Å². The van der Waals surface area contributed by atoms with Gasteiger partial charge < -0.3 is 9.13 Å². The van der Waals surface area contributed by atoms with Crippen LogP contribution in [0.25, 0.3) is 32.7 Å². The van der Waals surface area contributed by atoms with Crippen molar-refractivity contribution in [2.75, 3.05) is 0 Å². The molecule has 160 valence electrons. The number of aryl methyl sites for hydroxylation is 1. The van der Waals surface area contributed by atoms with Crippen molar-refractivity contribution in [2.45, 2.75) is 6.54 Å². The first kappa shape index (κ1) is 19.4. The zero-order valence-corrected chi connectivity index (χ0v) is 18.0. The highest BCUT2D eigenvalue weighted by atomic mass is 19.1. The molecule has 3 heterocycles. The summed E-state index contributed by atoms with van der Waals surface area (Å²) in [4.78, 5) is 18.4. The van der Waals surface area contributed by atoms with Crippen molar-refractivity contribution in [2.24, 2.45) is 7.05 Å². The molecule has 0 N–H and O–H groups in total. The number of para-hydroxylation sites is 1. The van der Waals surface area contributed by atoms with Crippen LogP contribution < -0.4 is 0 Å². The molecule has 0 bridgehead atoms. The van der Waals surface area contributed by atoms with E-state index in [2.05, 4.69) is 0 Å². The molecular formula is C28H20FN3O. The summed E-state index contributed by atoms with van der Waals surface area (Å²) in [5.74, 6) is -0.425. The summed E-state index contributed by atoms with van der Waals surface area (Å²) >= 11 is 0. The van der Waals surface area contributed by atoms with Gasteiger partial charge in [-0.15, -0.1) is 0 Å². The molecule has 0 saturated carbocycles. The van der Waals surface area contributed by atoms with Gasteiger partial charge in [0.15, 0.2) is 0 Å². The normalized spacial score (nSPS) is 11.6. The third kappa shape index (κ3) is 3.29. The number of hydrogen-bond donors (Lipinski definition) is 0. The predicted molar refractivity (Wildman–Crippen MR) is 129 cm³/mol. The van der Waals surface area contributed by atoms with Crippen LogP contribution in [0, 0.1) is 5.82 Å². The van der Waals surface area contributed by atoms with Crippen molar-refractivity contribution in [3.8, 4) is 0 Å². The summed E-state index contributed by atoms with van der Waals surface area (Å²) in [6, 6.07) is 26.1. The Balaban J connectivity index is 1.48. The van der Waals surface area contributed by atoms with Crippen LogP contribution in [-0.2, 0) is 13.6 Å². The molecular weight excluding hydrogens is 413 g/mol. The van der Waals surface area contributed by atoms with Crippen molar-refractivity contribution in [1.82, 2.24) is 14.1 Å². The van der Waals surface area contributed by atoms with E-state index in [9.17, 15) is 9.18 Å². The van der Waals surface area contributed by atoms with E-state index in [-0.39, 0.29) is 11.6 Å². The average Bonchev–Trinajstić information content (AvgIpc) is 3.38. The van der Waals surface area contributed by atoms with E-state index in [1.54, 1.807) is 12.1 Å². The van der Waals surface area contributed by atoms with E-state index in [0.717, 1.165) is 33.0 Å². The minimum Gasteiger partial charge on any atom is -0.351 e. The molecule has 3 aromatic carbocycles. The van der Waals surface area contributed by atoms with Crippen molar-refractivity contribution in [3.63, 3.8) is 0 Å². The number of aromatic nitrogens is 3. The number of carbonyl (C=O) groups excluding carboxylic acids is 1. The van der Waals surface area contributed by atoms with Crippen LogP contribution in [-0.4, -0.2) is 19.9 Å². The number of hydrogen-bond acceptors (Lipinski definition) is 2. The van der Waals surface area contributed by atoms with E-state index < -0.39 is 0 Å². The van der Waals surface area contributed by atoms with Gasteiger partial charge >= 0.3 is 0 Å². The smallest absolute Gasteiger partial charge is 0.209 e. The summed E-state index contributed by atoms with van der Waals surface area (Å²) < 4.78 is 17.9. The first-order valence-corrected chi connectivity index (χ1v) is 10.8. The quantitative estimate of drug-likeness (QED) is 0.315. The van der Waals surface area contributed by atoms with Crippen LogP contribution in [0.5, 0.6) is 0 Å². The molecule has 4 nitrogen and oxygen atoms in total. The summed E-state index contributed by atoms with van der Waals surface area (Å²) in [5, 5.41) is 2.77. The van der Waals surface area contributed by atoms with Gasteiger partial charge in [-0.05, 0) is 60.7 Å². The maximum Gasteiger partial charge on any atom is 0.209 e. The second kappa shape index (κ2) is 7.41. The largest absolute Gasteiger partial charge is 0.351 e. The summed E-state index contributed by atoms with van der Waals surface area (Å²) in [6.07, 6.45) is 1.98. The Morgan fingerprint density at radius 1 is 0.848 bits per heavy atom. The molecule has 6 rings (SSSR count). The maximum absolute atomic E-state index is 14.0. The highest BCUT2D eigenvalue weighted by Crippen LogP contribution is 2.26. The fourth-order valence-electron chi connectivity index (χ4n) is 4.53. The number of nitrogens with zero attached hydrogens (tertiary/aromatic N) is 3. The molecule has 5 heteroatoms. The zero-order chi connectivity index (χ0) is 22.5. The van der Waals surface area contributed by atoms with Gasteiger partial charge in [0, 0.05) is 46.0 Å². The Morgan fingerprint density at radius 2 is 1.70 bits per heavy atom. The molecule has 0 aliphatic rings. The highest BCUT2D eigenvalue weighted by molar-refractivity contribution is 6.12. The van der Waals surface area contributed by atoms with Gasteiger partial charge in [0.2, 0.25) is 5.78 Å². The van der Waals surface area contributed by atoms with Gasteiger partial charge in [0.25, 0.3) is 0 Å². The Kier molecular flexibility index (Phi) is 4.37. The Hall–Kier alpha value is -4.25. The first-order chi connectivity index (χ1) is 16.1. The lowest BCUT2D eigenvalue weighted by atomic mass is 10.1. The molecule has 0 spiro atoms. The number of fused-ring (bicyclic) bond motifs is 3.